The van der Waals surface area contributed by atoms with E-state index in [1.807, 2.05) is 19.1 Å². The summed E-state index contributed by atoms with van der Waals surface area (Å²) in [6.45, 7) is 6.17. The molecular weight excluding hydrogens is 254 g/mol. The van der Waals surface area contributed by atoms with Crippen LogP contribution in [0.2, 0.25) is 0 Å². The molecule has 0 fully saturated rings. The molecule has 5 nitrogen and oxygen atoms in total. The van der Waals surface area contributed by atoms with Crippen LogP contribution in [0.5, 0.6) is 5.75 Å². The van der Waals surface area contributed by atoms with Crippen LogP contribution in [0.15, 0.2) is 22.7 Å². The summed E-state index contributed by atoms with van der Waals surface area (Å²) < 4.78 is 10.9. The van der Waals surface area contributed by atoms with Crippen molar-refractivity contribution in [3.05, 3.63) is 41.0 Å². The van der Waals surface area contributed by atoms with Crippen molar-refractivity contribution in [1.29, 1.82) is 0 Å². The number of nitrogens with zero attached hydrogens (tertiary/aromatic N) is 2. The van der Waals surface area contributed by atoms with Gasteiger partial charge in [0, 0.05) is 6.04 Å². The van der Waals surface area contributed by atoms with E-state index in [0.29, 0.717) is 11.7 Å². The Morgan fingerprint density at radius 3 is 2.80 bits per heavy atom. The second kappa shape index (κ2) is 6.52. The zero-order valence-corrected chi connectivity index (χ0v) is 12.2. The first-order valence-electron chi connectivity index (χ1n) is 6.86. The van der Waals surface area contributed by atoms with Crippen LogP contribution in [0.3, 0.4) is 0 Å². The van der Waals surface area contributed by atoms with E-state index in [2.05, 4.69) is 23.1 Å². The lowest BCUT2D eigenvalue weighted by Gasteiger charge is -2.15. The minimum atomic E-state index is 0.143. The Kier molecular flexibility index (Phi) is 4.74. The van der Waals surface area contributed by atoms with Crippen molar-refractivity contribution in [2.75, 3.05) is 0 Å². The molecule has 2 N–H and O–H groups in total. The van der Waals surface area contributed by atoms with E-state index in [4.69, 9.17) is 15.0 Å². The standard InChI is InChI=1S/C15H21N3O2/c1-4-13(16)8-12-7-5-6-10(2)15(12)19-9-14-17-11(3)18-20-14/h5-7,13H,4,8-9,16H2,1-3H3. The molecule has 2 rings (SSSR count). The maximum absolute atomic E-state index is 6.04. The van der Waals surface area contributed by atoms with Gasteiger partial charge in [0.15, 0.2) is 12.4 Å². The molecule has 2 aromatic rings. The van der Waals surface area contributed by atoms with Gasteiger partial charge in [-0.25, -0.2) is 0 Å². The number of benzene rings is 1. The smallest absolute Gasteiger partial charge is 0.264 e. The van der Waals surface area contributed by atoms with E-state index in [1.54, 1.807) is 6.92 Å². The minimum absolute atomic E-state index is 0.143. The van der Waals surface area contributed by atoms with Crippen molar-refractivity contribution in [2.24, 2.45) is 5.73 Å². The summed E-state index contributed by atoms with van der Waals surface area (Å²) in [5.74, 6) is 1.96. The molecular formula is C15H21N3O2. The molecule has 0 saturated heterocycles. The molecule has 108 valence electrons. The minimum Gasteiger partial charge on any atom is -0.483 e. The first-order valence-corrected chi connectivity index (χ1v) is 6.86. The van der Waals surface area contributed by atoms with Crippen LogP contribution < -0.4 is 10.5 Å². The van der Waals surface area contributed by atoms with Gasteiger partial charge in [0.05, 0.1) is 0 Å². The lowest BCUT2D eigenvalue weighted by molar-refractivity contribution is 0.239. The van der Waals surface area contributed by atoms with Crippen molar-refractivity contribution in [3.63, 3.8) is 0 Å². The van der Waals surface area contributed by atoms with E-state index in [9.17, 15) is 0 Å². The first-order chi connectivity index (χ1) is 9.60. The molecule has 1 aromatic heterocycles. The highest BCUT2D eigenvalue weighted by molar-refractivity contribution is 5.41. The molecule has 0 amide bonds. The van der Waals surface area contributed by atoms with Gasteiger partial charge >= 0.3 is 0 Å². The summed E-state index contributed by atoms with van der Waals surface area (Å²) in [7, 11) is 0. The van der Waals surface area contributed by atoms with Gasteiger partial charge < -0.3 is 15.0 Å². The fourth-order valence-electron chi connectivity index (χ4n) is 2.04. The Morgan fingerprint density at radius 2 is 2.15 bits per heavy atom. The predicted molar refractivity (Wildman–Crippen MR) is 76.5 cm³/mol. The van der Waals surface area contributed by atoms with Crippen molar-refractivity contribution < 1.29 is 9.26 Å². The molecule has 1 atom stereocenters. The monoisotopic (exact) mass is 275 g/mol. The Labute approximate surface area is 119 Å². The maximum Gasteiger partial charge on any atom is 0.264 e. The van der Waals surface area contributed by atoms with E-state index in [0.717, 1.165) is 29.7 Å². The molecule has 5 heteroatoms. The second-order valence-corrected chi connectivity index (χ2v) is 4.96. The Balaban J connectivity index is 2.12. The third-order valence-electron chi connectivity index (χ3n) is 3.21. The van der Waals surface area contributed by atoms with Crippen LogP contribution in [0.4, 0.5) is 0 Å². The average molecular weight is 275 g/mol. The molecule has 1 heterocycles. The molecule has 1 unspecified atom stereocenters. The van der Waals surface area contributed by atoms with Gasteiger partial charge in [-0.15, -0.1) is 0 Å². The summed E-state index contributed by atoms with van der Waals surface area (Å²) in [4.78, 5) is 4.13. The topological polar surface area (TPSA) is 74.2 Å². The number of aryl methyl sites for hydroxylation is 2. The van der Waals surface area contributed by atoms with Crippen LogP contribution >= 0.6 is 0 Å². The average Bonchev–Trinajstić information content (AvgIpc) is 2.83. The van der Waals surface area contributed by atoms with Gasteiger partial charge in [0.1, 0.15) is 5.75 Å². The normalized spacial score (nSPS) is 12.4. The fourth-order valence-corrected chi connectivity index (χ4v) is 2.04. The lowest BCUT2D eigenvalue weighted by atomic mass is 10.0. The predicted octanol–water partition coefficient (Wildman–Crippen LogP) is 2.55. The third kappa shape index (κ3) is 3.57. The highest BCUT2D eigenvalue weighted by atomic mass is 16.5. The van der Waals surface area contributed by atoms with Crippen molar-refractivity contribution in [3.8, 4) is 5.75 Å². The molecule has 0 saturated carbocycles. The molecule has 20 heavy (non-hydrogen) atoms. The number of hydrogen-bond acceptors (Lipinski definition) is 5. The van der Waals surface area contributed by atoms with Gasteiger partial charge in [-0.1, -0.05) is 30.3 Å². The number of aromatic nitrogens is 2. The number of para-hydroxylation sites is 1. The summed E-state index contributed by atoms with van der Waals surface area (Å²) >= 11 is 0. The molecule has 0 spiro atoms. The number of rotatable bonds is 6. The zero-order chi connectivity index (χ0) is 14.5. The van der Waals surface area contributed by atoms with E-state index in [1.165, 1.54) is 0 Å². The Hall–Kier alpha value is -1.88. The summed E-state index contributed by atoms with van der Waals surface area (Å²) in [6.07, 6.45) is 1.74. The lowest BCUT2D eigenvalue weighted by Crippen LogP contribution is -2.21. The highest BCUT2D eigenvalue weighted by Gasteiger charge is 2.12. The molecule has 0 aliphatic heterocycles. The van der Waals surface area contributed by atoms with Crippen LogP contribution in [-0.4, -0.2) is 16.2 Å². The van der Waals surface area contributed by atoms with Crippen LogP contribution in [-0.2, 0) is 13.0 Å². The van der Waals surface area contributed by atoms with E-state index < -0.39 is 0 Å². The first kappa shape index (κ1) is 14.5. The third-order valence-corrected chi connectivity index (χ3v) is 3.21. The van der Waals surface area contributed by atoms with Gasteiger partial charge in [0.25, 0.3) is 5.89 Å². The fraction of sp³-hybridized carbons (Fsp3) is 0.467. The number of ether oxygens (including phenoxy) is 1. The molecule has 0 aliphatic carbocycles. The van der Waals surface area contributed by atoms with Crippen molar-refractivity contribution in [1.82, 2.24) is 10.1 Å². The number of nitrogens with two attached hydrogens (primary N) is 1. The Morgan fingerprint density at radius 1 is 1.35 bits per heavy atom. The maximum atomic E-state index is 6.04. The summed E-state index contributed by atoms with van der Waals surface area (Å²) in [5, 5.41) is 3.75. The molecule has 1 aromatic carbocycles. The number of hydrogen-bond donors (Lipinski definition) is 1. The van der Waals surface area contributed by atoms with Gasteiger partial charge in [0.2, 0.25) is 0 Å². The van der Waals surface area contributed by atoms with Crippen molar-refractivity contribution >= 4 is 0 Å². The molecule has 0 radical (unpaired) electrons. The summed E-state index contributed by atoms with van der Waals surface area (Å²) in [6, 6.07) is 6.24. The van der Waals surface area contributed by atoms with Crippen LogP contribution in [0, 0.1) is 13.8 Å². The quantitative estimate of drug-likeness (QED) is 0.877. The van der Waals surface area contributed by atoms with Gasteiger partial charge in [-0.05, 0) is 37.8 Å². The van der Waals surface area contributed by atoms with Gasteiger partial charge in [-0.3, -0.25) is 0 Å². The Bertz CT molecular complexity index is 566. The van der Waals surface area contributed by atoms with Crippen molar-refractivity contribution in [2.45, 2.75) is 46.3 Å². The van der Waals surface area contributed by atoms with Gasteiger partial charge in [-0.2, -0.15) is 4.98 Å². The van der Waals surface area contributed by atoms with Crippen LogP contribution in [0.25, 0.3) is 0 Å². The summed E-state index contributed by atoms with van der Waals surface area (Å²) in [5.41, 5.74) is 8.24. The molecule has 0 bridgehead atoms. The van der Waals surface area contributed by atoms with Crippen LogP contribution in [0.1, 0.15) is 36.2 Å². The second-order valence-electron chi connectivity index (χ2n) is 4.96. The molecule has 0 aliphatic rings. The van der Waals surface area contributed by atoms with E-state index in [-0.39, 0.29) is 12.6 Å². The highest BCUT2D eigenvalue weighted by Crippen LogP contribution is 2.25. The van der Waals surface area contributed by atoms with E-state index >= 15 is 0 Å². The zero-order valence-electron chi connectivity index (χ0n) is 12.2. The SMILES string of the molecule is CCC(N)Cc1cccc(C)c1OCc1nc(C)no1. The largest absolute Gasteiger partial charge is 0.483 e.